The molecular formula is C58H56N6O6. The van der Waals surface area contributed by atoms with Gasteiger partial charge >= 0.3 is 0 Å². The van der Waals surface area contributed by atoms with Crippen LogP contribution in [0.1, 0.15) is 34.5 Å². The molecule has 354 valence electrons. The average Bonchev–Trinajstić information content (AvgIpc) is 3.95. The van der Waals surface area contributed by atoms with Gasteiger partial charge < -0.3 is 35.4 Å². The zero-order chi connectivity index (χ0) is 48.2. The summed E-state index contributed by atoms with van der Waals surface area (Å²) in [5.74, 6) is 1.60. The monoisotopic (exact) mass is 932 g/mol. The molecule has 0 aliphatic heterocycles. The topological polar surface area (TPSA) is 166 Å². The highest BCUT2D eigenvalue weighted by Crippen LogP contribution is 2.30. The highest BCUT2D eigenvalue weighted by molar-refractivity contribution is 6.08. The zero-order valence-electron chi connectivity index (χ0n) is 38.7. The van der Waals surface area contributed by atoms with Crippen molar-refractivity contribution in [2.45, 2.75) is 25.3 Å². The molecule has 6 N–H and O–H groups in total. The Labute approximate surface area is 406 Å². The van der Waals surface area contributed by atoms with E-state index in [4.69, 9.17) is 15.2 Å². The van der Waals surface area contributed by atoms with E-state index in [0.29, 0.717) is 57.2 Å². The summed E-state index contributed by atoms with van der Waals surface area (Å²) >= 11 is 0. The fraction of sp³-hybridized carbons (Fsp3) is 0.172. The van der Waals surface area contributed by atoms with Crippen LogP contribution >= 0.6 is 0 Å². The molecule has 0 saturated heterocycles. The number of nitrogens with two attached hydrogens (primary N) is 1. The molecule has 0 fully saturated rings. The molecule has 2 heterocycles. The predicted molar refractivity (Wildman–Crippen MR) is 280 cm³/mol. The molecule has 10 aromatic rings. The Kier molecular flexibility index (Phi) is 15.1. The van der Waals surface area contributed by atoms with Gasteiger partial charge in [0, 0.05) is 102 Å². The molecule has 70 heavy (non-hydrogen) atoms. The number of anilines is 1. The number of nitrogens with zero attached hydrogens (tertiary/aromatic N) is 3. The van der Waals surface area contributed by atoms with Crippen LogP contribution in [0, 0.1) is 10.1 Å². The number of nitro groups is 1. The smallest absolute Gasteiger partial charge is 0.269 e. The first-order valence-corrected chi connectivity index (χ1v) is 23.5. The molecule has 10 rings (SSSR count). The van der Waals surface area contributed by atoms with Gasteiger partial charge in [-0.1, -0.05) is 121 Å². The van der Waals surface area contributed by atoms with Gasteiger partial charge in [0.05, 0.1) is 28.2 Å². The largest absolute Gasteiger partial charge is 0.492 e. The number of aromatic nitrogens is 2. The van der Waals surface area contributed by atoms with Crippen molar-refractivity contribution in [2.75, 3.05) is 45.1 Å². The molecule has 0 unspecified atom stereocenters. The van der Waals surface area contributed by atoms with Crippen LogP contribution in [0.4, 0.5) is 11.4 Å². The van der Waals surface area contributed by atoms with Gasteiger partial charge in [0.15, 0.2) is 0 Å². The SMILES string of the molecule is Nc1cccc([C@@H](O)CN(CCOc2ccc3c(c2)[nH]c2ccccc23)Cc2ccccc2)c1.O=[N+]([O-])c1cccc([C@@H](O)CN(CCOc2ccc3c(c2)[nH]c2ccccc23)Cc2ccccc2)c1. The maximum Gasteiger partial charge on any atom is 0.269 e. The summed E-state index contributed by atoms with van der Waals surface area (Å²) < 4.78 is 12.2. The van der Waals surface area contributed by atoms with E-state index in [0.717, 1.165) is 56.6 Å². The lowest BCUT2D eigenvalue weighted by Gasteiger charge is -2.25. The molecular weight excluding hydrogens is 877 g/mol. The molecule has 2 aromatic heterocycles. The number of hydrogen-bond donors (Lipinski definition) is 5. The van der Waals surface area contributed by atoms with Crippen molar-refractivity contribution < 1.29 is 24.6 Å². The van der Waals surface area contributed by atoms with Crippen molar-refractivity contribution in [3.05, 3.63) is 226 Å². The summed E-state index contributed by atoms with van der Waals surface area (Å²) in [6.45, 7) is 4.36. The zero-order valence-corrected chi connectivity index (χ0v) is 38.7. The summed E-state index contributed by atoms with van der Waals surface area (Å²) in [7, 11) is 0. The van der Waals surface area contributed by atoms with Gasteiger partial charge in [-0.05, 0) is 70.8 Å². The molecule has 0 radical (unpaired) electrons. The minimum atomic E-state index is -0.865. The predicted octanol–water partition coefficient (Wildman–Crippen LogP) is 11.4. The van der Waals surface area contributed by atoms with E-state index < -0.39 is 17.1 Å². The van der Waals surface area contributed by atoms with Gasteiger partial charge in [-0.2, -0.15) is 0 Å². The van der Waals surface area contributed by atoms with Gasteiger partial charge in [-0.15, -0.1) is 0 Å². The van der Waals surface area contributed by atoms with Crippen molar-refractivity contribution in [3.8, 4) is 11.5 Å². The Morgan fingerprint density at radius 3 is 1.43 bits per heavy atom. The number of para-hydroxylation sites is 2. The highest BCUT2D eigenvalue weighted by Gasteiger charge is 2.18. The summed E-state index contributed by atoms with van der Waals surface area (Å²) in [5.41, 5.74) is 14.5. The number of hydrogen-bond acceptors (Lipinski definition) is 9. The number of fused-ring (bicyclic) bond motifs is 6. The molecule has 0 spiro atoms. The Bertz CT molecular complexity index is 3300. The van der Waals surface area contributed by atoms with Crippen LogP contribution in [0.15, 0.2) is 194 Å². The second-order valence-electron chi connectivity index (χ2n) is 17.4. The van der Waals surface area contributed by atoms with Gasteiger partial charge in [0.2, 0.25) is 0 Å². The Morgan fingerprint density at radius 1 is 0.500 bits per heavy atom. The summed E-state index contributed by atoms with van der Waals surface area (Å²) in [6.07, 6.45) is -1.49. The molecule has 8 aromatic carbocycles. The molecule has 0 amide bonds. The van der Waals surface area contributed by atoms with Gasteiger partial charge in [-0.25, -0.2) is 0 Å². The first-order chi connectivity index (χ1) is 34.2. The maximum absolute atomic E-state index is 11.1. The van der Waals surface area contributed by atoms with Crippen LogP contribution in [0.2, 0.25) is 0 Å². The first-order valence-electron chi connectivity index (χ1n) is 23.5. The van der Waals surface area contributed by atoms with Crippen molar-refractivity contribution >= 4 is 55.0 Å². The number of rotatable bonds is 19. The Morgan fingerprint density at radius 2 is 0.943 bits per heavy atom. The molecule has 2 atom stereocenters. The summed E-state index contributed by atoms with van der Waals surface area (Å²) in [4.78, 5) is 21.9. The number of aromatic amines is 2. The van der Waals surface area contributed by atoms with Crippen LogP contribution < -0.4 is 15.2 Å². The number of nitro benzene ring substituents is 1. The van der Waals surface area contributed by atoms with Crippen molar-refractivity contribution in [3.63, 3.8) is 0 Å². The fourth-order valence-electron chi connectivity index (χ4n) is 8.90. The van der Waals surface area contributed by atoms with E-state index in [1.807, 2.05) is 109 Å². The second kappa shape index (κ2) is 22.4. The number of aliphatic hydroxyl groups is 2. The number of benzene rings is 8. The molecule has 0 saturated carbocycles. The highest BCUT2D eigenvalue weighted by atomic mass is 16.6. The molecule has 0 aliphatic carbocycles. The summed E-state index contributed by atoms with van der Waals surface area (Å²) in [6, 6.07) is 62.6. The Hall–Kier alpha value is -8.00. The van der Waals surface area contributed by atoms with Crippen LogP contribution in [0.5, 0.6) is 11.5 Å². The second-order valence-corrected chi connectivity index (χ2v) is 17.4. The number of non-ortho nitro benzene ring substituents is 1. The van der Waals surface area contributed by atoms with E-state index in [9.17, 15) is 20.3 Å². The van der Waals surface area contributed by atoms with Crippen LogP contribution in [0.3, 0.4) is 0 Å². The molecule has 0 bridgehead atoms. The third kappa shape index (κ3) is 12.0. The fourth-order valence-corrected chi connectivity index (χ4v) is 8.90. The minimum absolute atomic E-state index is 0.0307. The van der Waals surface area contributed by atoms with Crippen LogP contribution in [0.25, 0.3) is 43.6 Å². The van der Waals surface area contributed by atoms with Crippen LogP contribution in [-0.4, -0.2) is 74.3 Å². The number of ether oxygens (including phenoxy) is 2. The van der Waals surface area contributed by atoms with E-state index in [1.54, 1.807) is 12.1 Å². The molecule has 12 nitrogen and oxygen atoms in total. The third-order valence-electron chi connectivity index (χ3n) is 12.4. The van der Waals surface area contributed by atoms with E-state index >= 15 is 0 Å². The number of aliphatic hydroxyl groups excluding tert-OH is 2. The number of nitrogens with one attached hydrogen (secondary N) is 2. The standard InChI is InChI=1S/C29H27N3O4.C29H29N3O2/c33-29(22-9-6-10-23(17-22)32(34)35)20-31(19-21-7-2-1-3-8-21)15-16-36-24-13-14-26-25-11-4-5-12-27(25)30-28(26)18-24;30-23-10-6-9-22(17-23)29(33)20-32(19-21-7-2-1-3-8-21)15-16-34-24-13-14-26-25-11-4-5-12-27(25)31-28(26)18-24/h1-14,17-18,29-30,33H,15-16,19-20H2;1-14,17-18,29,31,33H,15-16,19-20,30H2/t2*29-/m00/s1. The first kappa shape index (κ1) is 47.1. The average molecular weight is 933 g/mol. The van der Waals surface area contributed by atoms with E-state index in [1.165, 1.54) is 33.9 Å². The normalized spacial score (nSPS) is 12.3. The van der Waals surface area contributed by atoms with Gasteiger partial charge in [0.1, 0.15) is 24.7 Å². The molecule has 12 heteroatoms. The quantitative estimate of drug-likeness (QED) is 0.0301. The van der Waals surface area contributed by atoms with Crippen molar-refractivity contribution in [1.29, 1.82) is 0 Å². The lowest BCUT2D eigenvalue weighted by Crippen LogP contribution is -2.32. The van der Waals surface area contributed by atoms with Gasteiger partial charge in [-0.3, -0.25) is 19.9 Å². The van der Waals surface area contributed by atoms with E-state index in [2.05, 4.69) is 80.4 Å². The lowest BCUT2D eigenvalue weighted by atomic mass is 10.1. The third-order valence-corrected chi connectivity index (χ3v) is 12.4. The summed E-state index contributed by atoms with van der Waals surface area (Å²) in [5, 5.41) is 37.6. The number of H-pyrrole nitrogens is 2. The van der Waals surface area contributed by atoms with Gasteiger partial charge in [0.25, 0.3) is 5.69 Å². The minimum Gasteiger partial charge on any atom is -0.492 e. The van der Waals surface area contributed by atoms with Crippen molar-refractivity contribution in [2.24, 2.45) is 0 Å². The lowest BCUT2D eigenvalue weighted by molar-refractivity contribution is -0.385. The van der Waals surface area contributed by atoms with Crippen LogP contribution in [-0.2, 0) is 13.1 Å². The molecule has 0 aliphatic rings. The number of nitrogen functional groups attached to an aromatic ring is 1. The van der Waals surface area contributed by atoms with Crippen molar-refractivity contribution in [1.82, 2.24) is 19.8 Å². The van der Waals surface area contributed by atoms with E-state index in [-0.39, 0.29) is 5.69 Å². The maximum atomic E-state index is 11.1. The Balaban J connectivity index is 0.000000174.